The molecule has 0 aliphatic carbocycles. The van der Waals surface area contributed by atoms with E-state index in [9.17, 15) is 4.39 Å². The summed E-state index contributed by atoms with van der Waals surface area (Å²) in [6, 6.07) is 11.1. The van der Waals surface area contributed by atoms with Crippen LogP contribution in [0.4, 0.5) is 10.1 Å². The molecule has 0 saturated carbocycles. The fourth-order valence-electron chi connectivity index (χ4n) is 2.77. The third-order valence-corrected chi connectivity index (χ3v) is 3.90. The number of hydrogen-bond donors (Lipinski definition) is 1. The molecular weight excluding hydrogens is 291 g/mol. The molecule has 1 N–H and O–H groups in total. The van der Waals surface area contributed by atoms with E-state index in [1.807, 2.05) is 43.6 Å². The van der Waals surface area contributed by atoms with Crippen molar-refractivity contribution in [3.63, 3.8) is 0 Å². The fourth-order valence-corrected chi connectivity index (χ4v) is 2.77. The average Bonchev–Trinajstić information content (AvgIpc) is 2.98. The van der Waals surface area contributed by atoms with Crippen LogP contribution in [0.15, 0.2) is 55.0 Å². The number of para-hydroxylation sites is 1. The number of rotatable bonds is 3. The van der Waals surface area contributed by atoms with E-state index in [-0.39, 0.29) is 5.82 Å². The lowest BCUT2D eigenvalue weighted by Crippen LogP contribution is -2.02. The third kappa shape index (κ3) is 2.40. The summed E-state index contributed by atoms with van der Waals surface area (Å²) < 4.78 is 15.4. The van der Waals surface area contributed by atoms with E-state index >= 15 is 0 Å². The van der Waals surface area contributed by atoms with E-state index in [2.05, 4.69) is 15.3 Å². The van der Waals surface area contributed by atoms with Crippen LogP contribution < -0.4 is 5.32 Å². The van der Waals surface area contributed by atoms with E-state index < -0.39 is 0 Å². The molecule has 0 atom stereocenters. The molecule has 0 aliphatic heterocycles. The van der Waals surface area contributed by atoms with Gasteiger partial charge in [0, 0.05) is 29.7 Å². The average molecular weight is 306 g/mol. The van der Waals surface area contributed by atoms with Crippen molar-refractivity contribution in [3.05, 3.63) is 72.1 Å². The van der Waals surface area contributed by atoms with E-state index in [1.165, 1.54) is 6.07 Å². The van der Waals surface area contributed by atoms with Gasteiger partial charge in [0.25, 0.3) is 0 Å². The number of nitrogens with one attached hydrogen (secondary N) is 1. The second-order valence-electron chi connectivity index (χ2n) is 5.51. The third-order valence-electron chi connectivity index (χ3n) is 3.90. The first-order valence-electron chi connectivity index (χ1n) is 7.43. The van der Waals surface area contributed by atoms with Crippen LogP contribution in [-0.4, -0.2) is 14.4 Å². The zero-order valence-corrected chi connectivity index (χ0v) is 12.6. The summed E-state index contributed by atoms with van der Waals surface area (Å²) >= 11 is 0. The highest BCUT2D eigenvalue weighted by Gasteiger charge is 2.08. The van der Waals surface area contributed by atoms with Gasteiger partial charge < -0.3 is 9.72 Å². The van der Waals surface area contributed by atoms with Gasteiger partial charge >= 0.3 is 0 Å². The summed E-state index contributed by atoms with van der Waals surface area (Å²) in [6.07, 6.45) is 5.49. The molecule has 3 aromatic heterocycles. The summed E-state index contributed by atoms with van der Waals surface area (Å²) in [5, 5.41) is 4.49. The zero-order valence-electron chi connectivity index (χ0n) is 12.6. The van der Waals surface area contributed by atoms with Gasteiger partial charge in [-0.25, -0.2) is 9.37 Å². The Hall–Kier alpha value is -2.95. The minimum Gasteiger partial charge on any atom is -0.379 e. The Morgan fingerprint density at radius 1 is 1.17 bits per heavy atom. The minimum absolute atomic E-state index is 0.315. The molecule has 0 unspecified atom stereocenters. The number of nitrogens with zero attached hydrogens (tertiary/aromatic N) is 3. The first-order valence-corrected chi connectivity index (χ1v) is 7.43. The van der Waals surface area contributed by atoms with Crippen LogP contribution in [0.25, 0.3) is 16.6 Å². The van der Waals surface area contributed by atoms with Crippen LogP contribution in [0.3, 0.4) is 0 Å². The molecule has 4 rings (SSSR count). The Labute approximate surface area is 132 Å². The van der Waals surface area contributed by atoms with Crippen molar-refractivity contribution in [1.82, 2.24) is 14.4 Å². The fraction of sp³-hybridized carbons (Fsp3) is 0.111. The highest BCUT2D eigenvalue weighted by atomic mass is 19.1. The first-order chi connectivity index (χ1) is 11.2. The lowest BCUT2D eigenvalue weighted by Gasteiger charge is -2.11. The Morgan fingerprint density at radius 2 is 2.04 bits per heavy atom. The lowest BCUT2D eigenvalue weighted by molar-refractivity contribution is 0.630. The minimum atomic E-state index is -0.315. The van der Waals surface area contributed by atoms with Crippen molar-refractivity contribution in [3.8, 4) is 0 Å². The highest BCUT2D eigenvalue weighted by molar-refractivity contribution is 5.92. The number of anilines is 1. The number of hydrogen-bond acceptors (Lipinski definition) is 3. The van der Waals surface area contributed by atoms with Gasteiger partial charge in [-0.3, -0.25) is 4.98 Å². The van der Waals surface area contributed by atoms with Crippen molar-refractivity contribution < 1.29 is 4.39 Å². The molecule has 0 saturated heterocycles. The number of benzene rings is 1. The van der Waals surface area contributed by atoms with Crippen LogP contribution in [0, 0.1) is 12.7 Å². The molecular formula is C18H15FN4. The number of aromatic nitrogens is 3. The van der Waals surface area contributed by atoms with Gasteiger partial charge in [-0.05, 0) is 30.7 Å². The van der Waals surface area contributed by atoms with Crippen molar-refractivity contribution >= 4 is 22.2 Å². The zero-order chi connectivity index (χ0) is 15.8. The number of imidazole rings is 1. The van der Waals surface area contributed by atoms with Crippen LogP contribution in [0.1, 0.15) is 11.3 Å². The first kappa shape index (κ1) is 13.7. The number of aryl methyl sites for hydroxylation is 1. The summed E-state index contributed by atoms with van der Waals surface area (Å²) in [5.74, 6) is -0.315. The Morgan fingerprint density at radius 3 is 2.91 bits per heavy atom. The number of fused-ring (bicyclic) bond motifs is 2. The molecule has 0 radical (unpaired) electrons. The predicted molar refractivity (Wildman–Crippen MR) is 89.0 cm³/mol. The Kier molecular flexibility index (Phi) is 3.19. The molecule has 4 aromatic rings. The number of pyridine rings is 2. The molecule has 4 nitrogen and oxygen atoms in total. The molecule has 0 aliphatic rings. The largest absolute Gasteiger partial charge is 0.379 e. The molecule has 0 amide bonds. The molecule has 0 spiro atoms. The molecule has 5 heteroatoms. The molecule has 0 fully saturated rings. The van der Waals surface area contributed by atoms with Gasteiger partial charge in [0.05, 0.1) is 17.8 Å². The second kappa shape index (κ2) is 5.35. The van der Waals surface area contributed by atoms with Gasteiger partial charge in [0.2, 0.25) is 0 Å². The monoisotopic (exact) mass is 306 g/mol. The molecule has 1 aromatic carbocycles. The van der Waals surface area contributed by atoms with Crippen molar-refractivity contribution in [2.45, 2.75) is 13.5 Å². The highest BCUT2D eigenvalue weighted by Crippen LogP contribution is 2.25. The van der Waals surface area contributed by atoms with Crippen LogP contribution in [0.2, 0.25) is 0 Å². The van der Waals surface area contributed by atoms with E-state index in [0.717, 1.165) is 27.8 Å². The molecule has 3 heterocycles. The maximum Gasteiger partial charge on any atom is 0.173 e. The molecule has 23 heavy (non-hydrogen) atoms. The standard InChI is InChI=1S/C18H15FN4/c1-12-9-20-16-7-3-2-5-14(16)17(12)21-10-13-11-23-8-4-6-15(19)18(23)22-13/h2-9,11H,10H2,1H3,(H,20,21). The van der Waals surface area contributed by atoms with Crippen molar-refractivity contribution in [1.29, 1.82) is 0 Å². The van der Waals surface area contributed by atoms with E-state index in [4.69, 9.17) is 0 Å². The summed E-state index contributed by atoms with van der Waals surface area (Å²) in [4.78, 5) is 8.78. The molecule has 114 valence electrons. The lowest BCUT2D eigenvalue weighted by atomic mass is 10.1. The van der Waals surface area contributed by atoms with Crippen LogP contribution >= 0.6 is 0 Å². The van der Waals surface area contributed by atoms with E-state index in [0.29, 0.717) is 12.2 Å². The van der Waals surface area contributed by atoms with Gasteiger partial charge in [-0.1, -0.05) is 18.2 Å². The second-order valence-corrected chi connectivity index (χ2v) is 5.51. The summed E-state index contributed by atoms with van der Waals surface area (Å²) in [7, 11) is 0. The van der Waals surface area contributed by atoms with E-state index in [1.54, 1.807) is 16.7 Å². The van der Waals surface area contributed by atoms with Crippen molar-refractivity contribution in [2.75, 3.05) is 5.32 Å². The smallest absolute Gasteiger partial charge is 0.173 e. The Bertz CT molecular complexity index is 1010. The topological polar surface area (TPSA) is 42.2 Å². The maximum atomic E-state index is 13.7. The SMILES string of the molecule is Cc1cnc2ccccc2c1NCc1cn2cccc(F)c2n1. The van der Waals surface area contributed by atoms with Gasteiger partial charge in [-0.2, -0.15) is 0 Å². The van der Waals surface area contributed by atoms with Crippen LogP contribution in [-0.2, 0) is 6.54 Å². The number of halogens is 1. The normalized spacial score (nSPS) is 11.2. The summed E-state index contributed by atoms with van der Waals surface area (Å²) in [6.45, 7) is 2.54. The Balaban J connectivity index is 1.68. The van der Waals surface area contributed by atoms with Gasteiger partial charge in [-0.15, -0.1) is 0 Å². The van der Waals surface area contributed by atoms with Crippen LogP contribution in [0.5, 0.6) is 0 Å². The maximum absolute atomic E-state index is 13.7. The van der Waals surface area contributed by atoms with Gasteiger partial charge in [0.1, 0.15) is 0 Å². The predicted octanol–water partition coefficient (Wildman–Crippen LogP) is 3.94. The summed E-state index contributed by atoms with van der Waals surface area (Å²) in [5.41, 5.74) is 4.18. The molecule has 0 bridgehead atoms. The van der Waals surface area contributed by atoms with Crippen molar-refractivity contribution in [2.24, 2.45) is 0 Å². The quantitative estimate of drug-likeness (QED) is 0.623. The van der Waals surface area contributed by atoms with Gasteiger partial charge in [0.15, 0.2) is 11.5 Å².